The second-order valence-corrected chi connectivity index (χ2v) is 7.80. The molecule has 0 aliphatic carbocycles. The van der Waals surface area contributed by atoms with Gasteiger partial charge in [0.05, 0.1) is 5.01 Å². The van der Waals surface area contributed by atoms with Gasteiger partial charge in [-0.2, -0.15) is 0 Å². The number of thiazole rings is 1. The Bertz CT molecular complexity index is 521. The minimum absolute atomic E-state index is 0.725. The van der Waals surface area contributed by atoms with Crippen LogP contribution in [0.5, 0.6) is 0 Å². The van der Waals surface area contributed by atoms with Crippen LogP contribution in [0.2, 0.25) is 0 Å². The van der Waals surface area contributed by atoms with Crippen molar-refractivity contribution in [2.75, 3.05) is 39.3 Å². The molecule has 1 atom stereocenters. The largest absolute Gasteiger partial charge is 0.357 e. The predicted molar refractivity (Wildman–Crippen MR) is 97.3 cm³/mol. The fourth-order valence-corrected chi connectivity index (χ4v) is 4.32. The Labute approximate surface area is 143 Å². The van der Waals surface area contributed by atoms with Crippen LogP contribution in [0, 0.1) is 6.92 Å². The summed E-state index contributed by atoms with van der Waals surface area (Å²) in [6, 6.07) is 0.725. The van der Waals surface area contributed by atoms with Crippen LogP contribution in [0.3, 0.4) is 0 Å². The Hall–Kier alpha value is -1.14. The second-order valence-electron chi connectivity index (χ2n) is 6.48. The van der Waals surface area contributed by atoms with E-state index in [2.05, 4.69) is 33.9 Å². The van der Waals surface area contributed by atoms with Crippen molar-refractivity contribution < 1.29 is 0 Å². The first-order chi connectivity index (χ1) is 11.3. The van der Waals surface area contributed by atoms with Gasteiger partial charge in [0.2, 0.25) is 0 Å². The summed E-state index contributed by atoms with van der Waals surface area (Å²) in [6.45, 7) is 10.8. The van der Waals surface area contributed by atoms with Crippen molar-refractivity contribution in [3.63, 3.8) is 0 Å². The molecule has 0 saturated carbocycles. The van der Waals surface area contributed by atoms with E-state index < -0.39 is 0 Å². The third-order valence-corrected chi connectivity index (χ3v) is 5.68. The number of aryl methyl sites for hydroxylation is 1. The molecule has 1 aromatic heterocycles. The summed E-state index contributed by atoms with van der Waals surface area (Å²) in [7, 11) is 0. The molecule has 3 heterocycles. The molecular formula is C17H29N5S. The third-order valence-electron chi connectivity index (χ3n) is 4.71. The minimum Gasteiger partial charge on any atom is -0.357 e. The van der Waals surface area contributed by atoms with Crippen LogP contribution in [-0.2, 0) is 6.42 Å². The van der Waals surface area contributed by atoms with Crippen LogP contribution < -0.4 is 5.32 Å². The molecule has 2 saturated heterocycles. The normalized spacial score (nSPS) is 23.0. The molecule has 0 aromatic carbocycles. The zero-order chi connectivity index (χ0) is 16.1. The molecule has 2 aliphatic heterocycles. The monoisotopic (exact) mass is 335 g/mol. The highest BCUT2D eigenvalue weighted by molar-refractivity contribution is 7.11. The SMILES string of the molecule is CCNC(=NCCc1ncc(C)s1)N1CCC(N2CCCC2)C1. The minimum atomic E-state index is 0.725. The maximum Gasteiger partial charge on any atom is 0.193 e. The fraction of sp³-hybridized carbons (Fsp3) is 0.765. The predicted octanol–water partition coefficient (Wildman–Crippen LogP) is 2.13. The molecule has 23 heavy (non-hydrogen) atoms. The summed E-state index contributed by atoms with van der Waals surface area (Å²) in [4.78, 5) is 15.7. The highest BCUT2D eigenvalue weighted by Gasteiger charge is 2.30. The molecule has 1 unspecified atom stereocenters. The molecular weight excluding hydrogens is 306 g/mol. The van der Waals surface area contributed by atoms with Gasteiger partial charge in [0, 0.05) is 49.7 Å². The Balaban J connectivity index is 1.54. The summed E-state index contributed by atoms with van der Waals surface area (Å²) in [6.07, 6.45) is 6.92. The smallest absolute Gasteiger partial charge is 0.193 e. The Morgan fingerprint density at radius 1 is 1.39 bits per heavy atom. The fourth-order valence-electron chi connectivity index (χ4n) is 3.54. The van der Waals surface area contributed by atoms with Gasteiger partial charge in [0.15, 0.2) is 5.96 Å². The molecule has 1 aromatic rings. The van der Waals surface area contributed by atoms with Gasteiger partial charge >= 0.3 is 0 Å². The summed E-state index contributed by atoms with van der Waals surface area (Å²) in [5.74, 6) is 1.09. The first-order valence-corrected chi connectivity index (χ1v) is 9.76. The number of aromatic nitrogens is 1. The number of nitrogens with one attached hydrogen (secondary N) is 1. The average Bonchev–Trinajstić information content (AvgIpc) is 3.27. The van der Waals surface area contributed by atoms with Gasteiger partial charge in [-0.1, -0.05) is 0 Å². The van der Waals surface area contributed by atoms with Crippen molar-refractivity contribution in [2.24, 2.45) is 4.99 Å². The number of rotatable bonds is 5. The highest BCUT2D eigenvalue weighted by atomic mass is 32.1. The van der Waals surface area contributed by atoms with Crippen molar-refractivity contribution in [3.8, 4) is 0 Å². The van der Waals surface area contributed by atoms with Crippen LogP contribution in [0.15, 0.2) is 11.2 Å². The van der Waals surface area contributed by atoms with Crippen LogP contribution in [0.4, 0.5) is 0 Å². The molecule has 2 aliphatic rings. The van der Waals surface area contributed by atoms with Crippen LogP contribution in [0.1, 0.15) is 36.1 Å². The summed E-state index contributed by atoms with van der Waals surface area (Å²) in [5, 5.41) is 4.66. The van der Waals surface area contributed by atoms with Crippen LogP contribution >= 0.6 is 11.3 Å². The number of guanidine groups is 1. The summed E-state index contributed by atoms with van der Waals surface area (Å²) >= 11 is 1.78. The number of likely N-dealkylation sites (tertiary alicyclic amines) is 2. The van der Waals surface area contributed by atoms with Gasteiger partial charge in [0.25, 0.3) is 0 Å². The standard InChI is InChI=1S/C17H29N5S/c1-3-18-17(19-8-6-16-20-12-14(2)23-16)22-11-7-15(13-22)21-9-4-5-10-21/h12,15H,3-11,13H2,1-2H3,(H,18,19). The third kappa shape index (κ3) is 4.44. The molecule has 2 fully saturated rings. The van der Waals surface area contributed by atoms with Gasteiger partial charge in [0.1, 0.15) is 0 Å². The Kier molecular flexibility index (Phi) is 5.89. The first kappa shape index (κ1) is 16.7. The Morgan fingerprint density at radius 3 is 2.91 bits per heavy atom. The lowest BCUT2D eigenvalue weighted by Gasteiger charge is -2.25. The van der Waals surface area contributed by atoms with E-state index in [0.717, 1.165) is 44.6 Å². The van der Waals surface area contributed by atoms with Gasteiger partial charge in [-0.3, -0.25) is 9.89 Å². The molecule has 0 spiro atoms. The molecule has 0 bridgehead atoms. The number of aliphatic imine (C=N–C) groups is 1. The molecule has 1 N–H and O–H groups in total. The second kappa shape index (κ2) is 8.11. The summed E-state index contributed by atoms with van der Waals surface area (Å²) in [5.41, 5.74) is 0. The maximum absolute atomic E-state index is 4.84. The van der Waals surface area contributed by atoms with Gasteiger partial charge in [-0.25, -0.2) is 4.98 Å². The van der Waals surface area contributed by atoms with E-state index in [9.17, 15) is 0 Å². The lowest BCUT2D eigenvalue weighted by molar-refractivity contribution is 0.249. The van der Waals surface area contributed by atoms with Crippen molar-refractivity contribution in [3.05, 3.63) is 16.1 Å². The lowest BCUT2D eigenvalue weighted by Crippen LogP contribution is -2.42. The summed E-state index contributed by atoms with van der Waals surface area (Å²) < 4.78 is 0. The quantitative estimate of drug-likeness (QED) is 0.661. The van der Waals surface area contributed by atoms with Crippen molar-refractivity contribution in [1.29, 1.82) is 0 Å². The topological polar surface area (TPSA) is 43.8 Å². The lowest BCUT2D eigenvalue weighted by atomic mass is 10.2. The van der Waals surface area contributed by atoms with E-state index in [0.29, 0.717) is 0 Å². The van der Waals surface area contributed by atoms with Crippen molar-refractivity contribution in [2.45, 2.75) is 45.6 Å². The van der Waals surface area contributed by atoms with Crippen molar-refractivity contribution in [1.82, 2.24) is 20.1 Å². The van der Waals surface area contributed by atoms with Gasteiger partial charge < -0.3 is 10.2 Å². The molecule has 5 nitrogen and oxygen atoms in total. The number of nitrogens with zero attached hydrogens (tertiary/aromatic N) is 4. The zero-order valence-corrected chi connectivity index (χ0v) is 15.2. The molecule has 0 radical (unpaired) electrons. The van der Waals surface area contributed by atoms with E-state index in [1.165, 1.54) is 42.2 Å². The highest BCUT2D eigenvalue weighted by Crippen LogP contribution is 2.20. The maximum atomic E-state index is 4.84. The molecule has 0 amide bonds. The number of hydrogen-bond acceptors (Lipinski definition) is 4. The molecule has 3 rings (SSSR count). The van der Waals surface area contributed by atoms with Crippen molar-refractivity contribution >= 4 is 17.3 Å². The Morgan fingerprint density at radius 2 is 2.22 bits per heavy atom. The first-order valence-electron chi connectivity index (χ1n) is 8.95. The van der Waals surface area contributed by atoms with Gasteiger partial charge in [-0.15, -0.1) is 11.3 Å². The van der Waals surface area contributed by atoms with Gasteiger partial charge in [-0.05, 0) is 46.2 Å². The number of hydrogen-bond donors (Lipinski definition) is 1. The van der Waals surface area contributed by atoms with E-state index in [4.69, 9.17) is 4.99 Å². The zero-order valence-electron chi connectivity index (χ0n) is 14.4. The van der Waals surface area contributed by atoms with E-state index in [1.807, 2.05) is 6.20 Å². The van der Waals surface area contributed by atoms with E-state index in [-0.39, 0.29) is 0 Å². The van der Waals surface area contributed by atoms with Crippen LogP contribution in [-0.4, -0.2) is 66.1 Å². The average molecular weight is 336 g/mol. The van der Waals surface area contributed by atoms with E-state index in [1.54, 1.807) is 11.3 Å². The molecule has 6 heteroatoms. The molecule has 128 valence electrons. The van der Waals surface area contributed by atoms with Crippen LogP contribution in [0.25, 0.3) is 0 Å². The van der Waals surface area contributed by atoms with E-state index >= 15 is 0 Å².